The number of fused-ring (bicyclic) bond motifs is 1. The van der Waals surface area contributed by atoms with Crippen LogP contribution in [0.5, 0.6) is 0 Å². The summed E-state index contributed by atoms with van der Waals surface area (Å²) >= 11 is 5.92. The zero-order chi connectivity index (χ0) is 20.0. The third-order valence-corrected chi connectivity index (χ3v) is 5.70. The lowest BCUT2D eigenvalue weighted by Gasteiger charge is -2.10. The van der Waals surface area contributed by atoms with Crippen LogP contribution in [0.4, 0.5) is 5.69 Å². The van der Waals surface area contributed by atoms with Crippen LogP contribution < -0.4 is 10.9 Å². The number of aryl methyl sites for hydroxylation is 1. The number of anilines is 1. The second-order valence-electron chi connectivity index (χ2n) is 7.58. The summed E-state index contributed by atoms with van der Waals surface area (Å²) in [5.41, 5.74) is 5.93. The standard InChI is InChI=1S/C23H21ClN4O/c1-15-23(17-4-5-17)26-21-9-8-20(14-28(15)21)27-11-10-19(12-22(27)29)25-13-16-2-6-18(24)7-3-16/h2-3,6-12,14,17,25H,4-5,13H2,1H3. The molecule has 5 nitrogen and oxygen atoms in total. The fraction of sp³-hybridized carbons (Fsp3) is 0.217. The Bertz CT molecular complexity index is 1250. The molecule has 5 rings (SSSR count). The molecule has 1 N–H and O–H groups in total. The van der Waals surface area contributed by atoms with E-state index in [1.807, 2.05) is 54.9 Å². The van der Waals surface area contributed by atoms with E-state index >= 15 is 0 Å². The van der Waals surface area contributed by atoms with Gasteiger partial charge < -0.3 is 9.72 Å². The average molecular weight is 405 g/mol. The largest absolute Gasteiger partial charge is 0.381 e. The van der Waals surface area contributed by atoms with E-state index in [4.69, 9.17) is 16.6 Å². The number of imidazole rings is 1. The number of aromatic nitrogens is 3. The summed E-state index contributed by atoms with van der Waals surface area (Å²) in [6, 6.07) is 15.1. The van der Waals surface area contributed by atoms with Crippen LogP contribution in [0.2, 0.25) is 5.02 Å². The molecule has 0 bridgehead atoms. The molecule has 0 radical (unpaired) electrons. The fourth-order valence-electron chi connectivity index (χ4n) is 3.66. The van der Waals surface area contributed by atoms with E-state index in [2.05, 4.69) is 16.6 Å². The minimum atomic E-state index is -0.0781. The van der Waals surface area contributed by atoms with Crippen molar-refractivity contribution < 1.29 is 0 Å². The summed E-state index contributed by atoms with van der Waals surface area (Å²) in [6.45, 7) is 2.73. The predicted molar refractivity (Wildman–Crippen MR) is 116 cm³/mol. The van der Waals surface area contributed by atoms with Crippen molar-refractivity contribution in [1.29, 1.82) is 0 Å². The molecule has 0 spiro atoms. The molecular weight excluding hydrogens is 384 g/mol. The highest BCUT2D eigenvalue weighted by atomic mass is 35.5. The topological polar surface area (TPSA) is 51.3 Å². The molecule has 1 aromatic carbocycles. The quantitative estimate of drug-likeness (QED) is 0.512. The Balaban J connectivity index is 1.40. The molecule has 0 saturated heterocycles. The van der Waals surface area contributed by atoms with E-state index in [1.54, 1.807) is 10.6 Å². The normalized spacial score (nSPS) is 13.7. The summed E-state index contributed by atoms with van der Waals surface area (Å²) in [6.07, 6.45) is 6.25. The van der Waals surface area contributed by atoms with Gasteiger partial charge in [-0.15, -0.1) is 0 Å². The van der Waals surface area contributed by atoms with Gasteiger partial charge in [0.2, 0.25) is 0 Å². The van der Waals surface area contributed by atoms with Gasteiger partial charge in [-0.1, -0.05) is 23.7 Å². The van der Waals surface area contributed by atoms with Gasteiger partial charge in [-0.25, -0.2) is 4.98 Å². The lowest BCUT2D eigenvalue weighted by atomic mass is 10.2. The number of hydrogen-bond acceptors (Lipinski definition) is 3. The molecule has 6 heteroatoms. The van der Waals surface area contributed by atoms with Gasteiger partial charge in [0, 0.05) is 47.3 Å². The van der Waals surface area contributed by atoms with E-state index in [0.717, 1.165) is 22.6 Å². The van der Waals surface area contributed by atoms with Crippen LogP contribution in [0.15, 0.2) is 65.7 Å². The first kappa shape index (κ1) is 18.0. The van der Waals surface area contributed by atoms with Crippen molar-refractivity contribution in [2.45, 2.75) is 32.2 Å². The molecule has 29 heavy (non-hydrogen) atoms. The molecule has 3 heterocycles. The third-order valence-electron chi connectivity index (χ3n) is 5.45. The molecule has 1 aliphatic rings. The Labute approximate surface area is 173 Å². The summed E-state index contributed by atoms with van der Waals surface area (Å²) in [4.78, 5) is 17.5. The van der Waals surface area contributed by atoms with Crippen LogP contribution in [0.3, 0.4) is 0 Å². The Morgan fingerprint density at radius 2 is 1.93 bits per heavy atom. The first-order valence-corrected chi connectivity index (χ1v) is 10.2. The lowest BCUT2D eigenvalue weighted by molar-refractivity contribution is 0.955. The zero-order valence-electron chi connectivity index (χ0n) is 16.1. The Morgan fingerprint density at radius 3 is 2.66 bits per heavy atom. The summed E-state index contributed by atoms with van der Waals surface area (Å²) in [5, 5.41) is 4.00. The number of pyridine rings is 2. The molecule has 0 amide bonds. The van der Waals surface area contributed by atoms with Gasteiger partial charge in [-0.3, -0.25) is 9.36 Å². The van der Waals surface area contributed by atoms with Crippen molar-refractivity contribution >= 4 is 22.9 Å². The van der Waals surface area contributed by atoms with Crippen LogP contribution in [0, 0.1) is 6.92 Å². The molecule has 1 aliphatic carbocycles. The molecule has 4 aromatic rings. The molecule has 0 unspecified atom stereocenters. The molecule has 0 aliphatic heterocycles. The summed E-state index contributed by atoms with van der Waals surface area (Å²) < 4.78 is 3.74. The molecular formula is C23H21ClN4O. The van der Waals surface area contributed by atoms with Crippen LogP contribution in [-0.2, 0) is 6.54 Å². The van der Waals surface area contributed by atoms with Gasteiger partial charge in [0.05, 0.1) is 11.4 Å². The third kappa shape index (κ3) is 3.54. The minimum Gasteiger partial charge on any atom is -0.381 e. The SMILES string of the molecule is Cc1c(C2CC2)nc2ccc(-n3ccc(NCc4ccc(Cl)cc4)cc3=O)cn12. The van der Waals surface area contributed by atoms with Gasteiger partial charge in [-0.2, -0.15) is 0 Å². The van der Waals surface area contributed by atoms with Gasteiger partial charge in [0.15, 0.2) is 0 Å². The zero-order valence-corrected chi connectivity index (χ0v) is 16.9. The number of halogens is 1. The lowest BCUT2D eigenvalue weighted by Crippen LogP contribution is -2.18. The van der Waals surface area contributed by atoms with Crippen molar-refractivity contribution in [2.24, 2.45) is 0 Å². The second-order valence-corrected chi connectivity index (χ2v) is 8.01. The van der Waals surface area contributed by atoms with E-state index in [-0.39, 0.29) is 5.56 Å². The smallest absolute Gasteiger partial charge is 0.257 e. The Morgan fingerprint density at radius 1 is 1.14 bits per heavy atom. The maximum atomic E-state index is 12.7. The second kappa shape index (κ2) is 7.08. The molecule has 0 atom stereocenters. The Kier molecular flexibility index (Phi) is 4.40. The highest BCUT2D eigenvalue weighted by Crippen LogP contribution is 2.41. The highest BCUT2D eigenvalue weighted by Gasteiger charge is 2.28. The van der Waals surface area contributed by atoms with Crippen molar-refractivity contribution in [3.63, 3.8) is 0 Å². The fourth-order valence-corrected chi connectivity index (χ4v) is 3.79. The maximum absolute atomic E-state index is 12.7. The van der Waals surface area contributed by atoms with E-state index in [0.29, 0.717) is 17.5 Å². The van der Waals surface area contributed by atoms with Crippen LogP contribution in [0.1, 0.15) is 35.7 Å². The highest BCUT2D eigenvalue weighted by molar-refractivity contribution is 6.30. The first-order chi connectivity index (χ1) is 14.1. The van der Waals surface area contributed by atoms with E-state index in [1.165, 1.54) is 24.2 Å². The monoisotopic (exact) mass is 404 g/mol. The molecule has 1 saturated carbocycles. The van der Waals surface area contributed by atoms with Gasteiger partial charge in [-0.05, 0) is 55.7 Å². The van der Waals surface area contributed by atoms with Crippen molar-refractivity contribution in [2.75, 3.05) is 5.32 Å². The van der Waals surface area contributed by atoms with Crippen molar-refractivity contribution in [1.82, 2.24) is 14.0 Å². The number of rotatable bonds is 5. The Hall–Kier alpha value is -3.05. The molecule has 3 aromatic heterocycles. The minimum absolute atomic E-state index is 0.0781. The van der Waals surface area contributed by atoms with Gasteiger partial charge in [0.25, 0.3) is 5.56 Å². The number of nitrogens with zero attached hydrogens (tertiary/aromatic N) is 3. The van der Waals surface area contributed by atoms with Gasteiger partial charge in [0.1, 0.15) is 5.65 Å². The van der Waals surface area contributed by atoms with Crippen molar-refractivity contribution in [3.8, 4) is 5.69 Å². The maximum Gasteiger partial charge on any atom is 0.257 e. The van der Waals surface area contributed by atoms with E-state index < -0.39 is 0 Å². The van der Waals surface area contributed by atoms with Crippen LogP contribution in [0.25, 0.3) is 11.3 Å². The number of nitrogens with one attached hydrogen (secondary N) is 1. The first-order valence-electron chi connectivity index (χ1n) is 9.78. The number of benzene rings is 1. The summed E-state index contributed by atoms with van der Waals surface area (Å²) in [7, 11) is 0. The van der Waals surface area contributed by atoms with Crippen LogP contribution in [-0.4, -0.2) is 14.0 Å². The average Bonchev–Trinajstić information content (AvgIpc) is 3.52. The van der Waals surface area contributed by atoms with E-state index in [9.17, 15) is 4.79 Å². The molecule has 146 valence electrons. The number of hydrogen-bond donors (Lipinski definition) is 1. The summed E-state index contributed by atoms with van der Waals surface area (Å²) in [5.74, 6) is 0.604. The van der Waals surface area contributed by atoms with Crippen LogP contribution >= 0.6 is 11.6 Å². The predicted octanol–water partition coefficient (Wildman–Crippen LogP) is 4.94. The van der Waals surface area contributed by atoms with Crippen molar-refractivity contribution in [3.05, 3.63) is 93.3 Å². The van der Waals surface area contributed by atoms with Gasteiger partial charge >= 0.3 is 0 Å². The molecule has 1 fully saturated rings.